The summed E-state index contributed by atoms with van der Waals surface area (Å²) in [6, 6.07) is 0. The van der Waals surface area contributed by atoms with Gasteiger partial charge >= 0.3 is 0 Å². The summed E-state index contributed by atoms with van der Waals surface area (Å²) in [7, 11) is 0. The van der Waals surface area contributed by atoms with Gasteiger partial charge in [-0.25, -0.2) is 0 Å². The summed E-state index contributed by atoms with van der Waals surface area (Å²) < 4.78 is 0. The molecule has 170 valence electrons. The molecule has 7 atom stereocenters. The van der Waals surface area contributed by atoms with Crippen molar-refractivity contribution in [1.29, 1.82) is 0 Å². The van der Waals surface area contributed by atoms with Gasteiger partial charge in [0, 0.05) is 30.6 Å². The first-order chi connectivity index (χ1) is 14.7. The molecule has 0 aromatic rings. The minimum absolute atomic E-state index is 0.0389. The van der Waals surface area contributed by atoms with Gasteiger partial charge in [0.1, 0.15) is 0 Å². The van der Waals surface area contributed by atoms with Gasteiger partial charge in [0.2, 0.25) is 5.91 Å². The Hall–Kier alpha value is -1.36. The highest BCUT2D eigenvalue weighted by molar-refractivity contribution is 8.13. The molecule has 4 nitrogen and oxygen atoms in total. The summed E-state index contributed by atoms with van der Waals surface area (Å²) >= 11 is 1.39. The first-order valence-corrected chi connectivity index (χ1v) is 13.0. The van der Waals surface area contributed by atoms with E-state index in [1.807, 2.05) is 6.08 Å². The predicted octanol–water partition coefficient (Wildman–Crippen LogP) is 4.94. The molecule has 0 spiro atoms. The Morgan fingerprint density at radius 2 is 1.97 bits per heavy atom. The molecule has 0 saturated heterocycles. The van der Waals surface area contributed by atoms with Crippen LogP contribution in [0, 0.1) is 40.4 Å². The van der Waals surface area contributed by atoms with E-state index in [-0.39, 0.29) is 33.6 Å². The molecule has 1 N–H and O–H groups in total. The summed E-state index contributed by atoms with van der Waals surface area (Å²) in [6.45, 7) is 9.01. The van der Waals surface area contributed by atoms with E-state index in [4.69, 9.17) is 0 Å². The van der Waals surface area contributed by atoms with Crippen LogP contribution >= 0.6 is 11.8 Å². The van der Waals surface area contributed by atoms with Gasteiger partial charge in [-0.2, -0.15) is 0 Å². The van der Waals surface area contributed by atoms with Crippen LogP contribution in [0.3, 0.4) is 0 Å². The summed E-state index contributed by atoms with van der Waals surface area (Å²) in [6.07, 6.45) is 12.9. The first kappa shape index (κ1) is 22.8. The molecule has 1 amide bonds. The Morgan fingerprint density at radius 1 is 1.19 bits per heavy atom. The van der Waals surface area contributed by atoms with Crippen LogP contribution in [0.5, 0.6) is 0 Å². The topological polar surface area (TPSA) is 63.2 Å². The van der Waals surface area contributed by atoms with Crippen molar-refractivity contribution < 1.29 is 14.4 Å². The Balaban J connectivity index is 1.45. The predicted molar refractivity (Wildman–Crippen MR) is 125 cm³/mol. The van der Waals surface area contributed by atoms with Gasteiger partial charge in [-0.3, -0.25) is 14.4 Å². The monoisotopic (exact) mass is 443 g/mol. The van der Waals surface area contributed by atoms with Crippen LogP contribution in [-0.4, -0.2) is 29.1 Å². The molecule has 0 aliphatic heterocycles. The molecule has 0 radical (unpaired) electrons. The van der Waals surface area contributed by atoms with Gasteiger partial charge in [-0.15, -0.1) is 0 Å². The fourth-order valence-electron chi connectivity index (χ4n) is 7.73. The van der Waals surface area contributed by atoms with E-state index in [0.29, 0.717) is 36.0 Å². The van der Waals surface area contributed by atoms with Crippen LogP contribution in [0.25, 0.3) is 0 Å². The van der Waals surface area contributed by atoms with Crippen molar-refractivity contribution in [3.63, 3.8) is 0 Å². The number of thioether (sulfide) groups is 1. The van der Waals surface area contributed by atoms with Crippen molar-refractivity contribution in [2.24, 2.45) is 40.4 Å². The molecular weight excluding hydrogens is 406 g/mol. The van der Waals surface area contributed by atoms with E-state index in [1.54, 1.807) is 6.08 Å². The maximum atomic E-state index is 12.9. The van der Waals surface area contributed by atoms with Crippen molar-refractivity contribution in [1.82, 2.24) is 5.32 Å². The van der Waals surface area contributed by atoms with E-state index in [9.17, 15) is 14.4 Å². The molecule has 0 aromatic carbocycles. The van der Waals surface area contributed by atoms with Gasteiger partial charge < -0.3 is 5.32 Å². The molecule has 4 aliphatic carbocycles. The van der Waals surface area contributed by atoms with Crippen LogP contribution in [0.4, 0.5) is 0 Å². The third-order valence-electron chi connectivity index (χ3n) is 9.33. The number of allylic oxidation sites excluding steroid dienone is 4. The maximum absolute atomic E-state index is 12.9. The maximum Gasteiger partial charge on any atom is 0.216 e. The molecule has 0 unspecified atom stereocenters. The Morgan fingerprint density at radius 3 is 2.71 bits per heavy atom. The highest BCUT2D eigenvalue weighted by atomic mass is 32.2. The lowest BCUT2D eigenvalue weighted by Gasteiger charge is -2.57. The molecule has 0 bridgehead atoms. The SMILES string of the molecule is CC(=O)NCCSC(=O)[C@@H](C)[C@H]1CC[C@H]2[C@@H]3CCC4=CC(=O)C=C[C@@]4(C)[C@H]3CC[C@@]12C. The molecule has 3 saturated carbocycles. The summed E-state index contributed by atoms with van der Waals surface area (Å²) in [5.41, 5.74) is 1.62. The molecule has 4 rings (SSSR count). The highest BCUT2D eigenvalue weighted by Crippen LogP contribution is 2.67. The van der Waals surface area contributed by atoms with E-state index in [0.717, 1.165) is 12.8 Å². The van der Waals surface area contributed by atoms with Gasteiger partial charge in [0.25, 0.3) is 0 Å². The second kappa shape index (κ2) is 8.53. The molecule has 31 heavy (non-hydrogen) atoms. The standard InChI is InChI=1S/C26H37NO3S/c1-16(24(30)31-14-13-27-17(2)28)21-7-8-22-20-6-5-18-15-19(29)9-11-25(18,3)23(20)10-12-26(21,22)4/h9,11,15-16,20-23H,5-8,10,12-14H2,1-4H3,(H,27,28)/t16-,20-,21+,22-,23-,25+,26-/m0/s1. The number of amides is 1. The summed E-state index contributed by atoms with van der Waals surface area (Å²) in [5.74, 6) is 3.27. The second-order valence-electron chi connectivity index (χ2n) is 10.8. The quantitative estimate of drug-likeness (QED) is 0.611. The van der Waals surface area contributed by atoms with Crippen molar-refractivity contribution in [2.45, 2.75) is 66.2 Å². The average molecular weight is 444 g/mol. The van der Waals surface area contributed by atoms with Gasteiger partial charge in [-0.1, -0.05) is 44.2 Å². The lowest BCUT2D eigenvalue weighted by Crippen LogP contribution is -2.50. The van der Waals surface area contributed by atoms with E-state index in [1.165, 1.54) is 49.9 Å². The lowest BCUT2D eigenvalue weighted by atomic mass is 9.47. The summed E-state index contributed by atoms with van der Waals surface area (Å²) in [5, 5.41) is 3.07. The number of nitrogens with one attached hydrogen (secondary N) is 1. The second-order valence-corrected chi connectivity index (χ2v) is 11.9. The highest BCUT2D eigenvalue weighted by Gasteiger charge is 2.59. The van der Waals surface area contributed by atoms with Crippen molar-refractivity contribution in [3.8, 4) is 0 Å². The molecule has 3 fully saturated rings. The molecule has 4 aliphatic rings. The molecule has 0 heterocycles. The lowest BCUT2D eigenvalue weighted by molar-refractivity contribution is -0.119. The zero-order chi connectivity index (χ0) is 22.4. The summed E-state index contributed by atoms with van der Waals surface area (Å²) in [4.78, 5) is 35.9. The molecular formula is C26H37NO3S. The van der Waals surface area contributed by atoms with Crippen LogP contribution in [0.15, 0.2) is 23.8 Å². The fraction of sp³-hybridized carbons (Fsp3) is 0.731. The first-order valence-electron chi connectivity index (χ1n) is 12.0. The third kappa shape index (κ3) is 3.96. The van der Waals surface area contributed by atoms with Crippen LogP contribution in [-0.2, 0) is 14.4 Å². The van der Waals surface area contributed by atoms with Crippen molar-refractivity contribution >= 4 is 28.6 Å². The van der Waals surface area contributed by atoms with Crippen molar-refractivity contribution in [2.75, 3.05) is 12.3 Å². The Kier molecular flexibility index (Phi) is 6.28. The number of fused-ring (bicyclic) bond motifs is 5. The molecule has 5 heteroatoms. The van der Waals surface area contributed by atoms with Gasteiger partial charge in [0.15, 0.2) is 10.9 Å². The van der Waals surface area contributed by atoms with E-state index < -0.39 is 0 Å². The van der Waals surface area contributed by atoms with Crippen LogP contribution in [0.1, 0.15) is 66.2 Å². The van der Waals surface area contributed by atoms with Crippen LogP contribution in [0.2, 0.25) is 0 Å². The van der Waals surface area contributed by atoms with Crippen LogP contribution < -0.4 is 5.32 Å². The Bertz CT molecular complexity index is 833. The zero-order valence-corrected chi connectivity index (χ0v) is 20.2. The smallest absolute Gasteiger partial charge is 0.216 e. The molecule has 0 aromatic heterocycles. The van der Waals surface area contributed by atoms with Gasteiger partial charge in [0.05, 0.1) is 0 Å². The third-order valence-corrected chi connectivity index (χ3v) is 10.4. The minimum Gasteiger partial charge on any atom is -0.356 e. The van der Waals surface area contributed by atoms with Gasteiger partial charge in [-0.05, 0) is 79.8 Å². The van der Waals surface area contributed by atoms with Crippen molar-refractivity contribution in [3.05, 3.63) is 23.8 Å². The zero-order valence-electron chi connectivity index (χ0n) is 19.4. The Labute approximate surface area is 191 Å². The number of ketones is 1. The number of rotatable bonds is 5. The number of hydrogen-bond donors (Lipinski definition) is 1. The largest absolute Gasteiger partial charge is 0.356 e. The average Bonchev–Trinajstić information content (AvgIpc) is 3.08. The normalized spacial score (nSPS) is 39.7. The van der Waals surface area contributed by atoms with E-state index in [2.05, 4.69) is 32.2 Å². The number of carbonyl (C=O) groups is 3. The fourth-order valence-corrected chi connectivity index (χ4v) is 8.57. The minimum atomic E-state index is -0.0413. The number of hydrogen-bond acceptors (Lipinski definition) is 4. The number of carbonyl (C=O) groups excluding carboxylic acids is 3. The van der Waals surface area contributed by atoms with E-state index >= 15 is 0 Å².